The van der Waals surface area contributed by atoms with Crippen LogP contribution in [0, 0.1) is 0 Å². The molecule has 0 aromatic heterocycles. The molecule has 2 nitrogen and oxygen atoms in total. The fourth-order valence-corrected chi connectivity index (χ4v) is 1.05. The van der Waals surface area contributed by atoms with Gasteiger partial charge in [0.25, 0.3) is 0 Å². The highest BCUT2D eigenvalue weighted by molar-refractivity contribution is 5.85. The fraction of sp³-hybridized carbons (Fsp3) is 1.00. The van der Waals surface area contributed by atoms with Gasteiger partial charge in [0.2, 0.25) is 0 Å². The van der Waals surface area contributed by atoms with Crippen LogP contribution in [0.3, 0.4) is 0 Å². The van der Waals surface area contributed by atoms with Crippen LogP contribution in [0.4, 0.5) is 0 Å². The third kappa shape index (κ3) is 1.99. The number of rotatable bonds is 0. The van der Waals surface area contributed by atoms with E-state index < -0.39 is 0 Å². The van der Waals surface area contributed by atoms with Crippen LogP contribution in [-0.4, -0.2) is 12.1 Å². The second kappa shape index (κ2) is 3.28. The van der Waals surface area contributed by atoms with Gasteiger partial charge in [-0.05, 0) is 19.3 Å². The van der Waals surface area contributed by atoms with Crippen LogP contribution in [0.1, 0.15) is 19.3 Å². The van der Waals surface area contributed by atoms with Crippen LogP contribution in [-0.2, 0) is 0 Å². The van der Waals surface area contributed by atoms with Gasteiger partial charge in [-0.3, -0.25) is 0 Å². The van der Waals surface area contributed by atoms with Crippen LogP contribution in [0.15, 0.2) is 0 Å². The number of hydrogen-bond donors (Lipinski definition) is 2. The first kappa shape index (κ1) is 8.21. The summed E-state index contributed by atoms with van der Waals surface area (Å²) in [6, 6.07) is 0.796. The molecule has 0 radical (unpaired) electrons. The lowest BCUT2D eigenvalue weighted by Gasteiger charge is -1.97. The van der Waals surface area contributed by atoms with Gasteiger partial charge in [-0.25, -0.2) is 0 Å². The molecule has 0 aromatic carbocycles. The lowest BCUT2D eigenvalue weighted by molar-refractivity contribution is 0.666. The number of nitrogens with two attached hydrogens (primary N) is 2. The lowest BCUT2D eigenvalue weighted by Crippen LogP contribution is -2.20. The first-order chi connectivity index (χ1) is 3.29. The van der Waals surface area contributed by atoms with Gasteiger partial charge in [-0.1, -0.05) is 0 Å². The monoisotopic (exact) mass is 136 g/mol. The van der Waals surface area contributed by atoms with Crippen LogP contribution in [0.2, 0.25) is 0 Å². The highest BCUT2D eigenvalue weighted by atomic mass is 35.5. The van der Waals surface area contributed by atoms with E-state index in [-0.39, 0.29) is 12.4 Å². The predicted octanol–water partition coefficient (Wildman–Crippen LogP) is 0.247. The second-order valence-corrected chi connectivity index (χ2v) is 2.33. The Morgan fingerprint density at radius 3 is 1.50 bits per heavy atom. The molecule has 1 aliphatic carbocycles. The van der Waals surface area contributed by atoms with Crippen molar-refractivity contribution in [1.82, 2.24) is 0 Å². The van der Waals surface area contributed by atoms with Gasteiger partial charge < -0.3 is 11.5 Å². The summed E-state index contributed by atoms with van der Waals surface area (Å²) >= 11 is 0. The van der Waals surface area contributed by atoms with Crippen molar-refractivity contribution in [3.05, 3.63) is 0 Å². The van der Waals surface area contributed by atoms with Crippen molar-refractivity contribution in [1.29, 1.82) is 0 Å². The summed E-state index contributed by atoms with van der Waals surface area (Å²) in [5.74, 6) is 0. The summed E-state index contributed by atoms with van der Waals surface area (Å²) < 4.78 is 0. The van der Waals surface area contributed by atoms with Gasteiger partial charge in [-0.15, -0.1) is 12.4 Å². The summed E-state index contributed by atoms with van der Waals surface area (Å²) in [4.78, 5) is 0. The molecule has 1 saturated carbocycles. The molecule has 0 bridgehead atoms. The molecular formula is C5H13ClN2. The zero-order valence-corrected chi connectivity index (χ0v) is 5.66. The average Bonchev–Trinajstić information content (AvgIpc) is 1.87. The Hall–Kier alpha value is 0.210. The minimum Gasteiger partial charge on any atom is -0.328 e. The van der Waals surface area contributed by atoms with Crippen molar-refractivity contribution in [3.8, 4) is 0 Å². The van der Waals surface area contributed by atoms with E-state index in [1.807, 2.05) is 0 Å². The molecule has 0 aromatic rings. The molecule has 3 heteroatoms. The van der Waals surface area contributed by atoms with Crippen molar-refractivity contribution in [2.45, 2.75) is 31.3 Å². The van der Waals surface area contributed by atoms with Crippen molar-refractivity contribution < 1.29 is 0 Å². The minimum atomic E-state index is 0. The largest absolute Gasteiger partial charge is 0.328 e. The molecule has 50 valence electrons. The highest BCUT2D eigenvalue weighted by Crippen LogP contribution is 2.13. The smallest absolute Gasteiger partial charge is 0.00541 e. The fourth-order valence-electron chi connectivity index (χ4n) is 1.05. The Morgan fingerprint density at radius 2 is 1.38 bits per heavy atom. The van der Waals surface area contributed by atoms with E-state index in [9.17, 15) is 0 Å². The van der Waals surface area contributed by atoms with Crippen LogP contribution in [0.5, 0.6) is 0 Å². The Balaban J connectivity index is 0.000000490. The molecule has 1 rings (SSSR count). The van der Waals surface area contributed by atoms with Crippen LogP contribution >= 0.6 is 12.4 Å². The van der Waals surface area contributed by atoms with E-state index in [1.165, 1.54) is 0 Å². The predicted molar refractivity (Wildman–Crippen MR) is 37.0 cm³/mol. The molecule has 0 aliphatic heterocycles. The molecule has 0 heterocycles. The topological polar surface area (TPSA) is 52.0 Å². The summed E-state index contributed by atoms with van der Waals surface area (Å²) in [6.45, 7) is 0. The number of halogens is 1. The molecule has 8 heavy (non-hydrogen) atoms. The van der Waals surface area contributed by atoms with Gasteiger partial charge in [0.05, 0.1) is 0 Å². The molecular weight excluding hydrogens is 124 g/mol. The highest BCUT2D eigenvalue weighted by Gasteiger charge is 2.16. The SMILES string of the molecule is Cl.NC1CCC(N)C1. The van der Waals surface area contributed by atoms with Crippen molar-refractivity contribution >= 4 is 12.4 Å². The van der Waals surface area contributed by atoms with E-state index in [0.29, 0.717) is 12.1 Å². The van der Waals surface area contributed by atoms with Gasteiger partial charge in [0, 0.05) is 12.1 Å². The Bertz CT molecular complexity index is 59.4. The molecule has 1 aliphatic rings. The van der Waals surface area contributed by atoms with Crippen molar-refractivity contribution in [3.63, 3.8) is 0 Å². The van der Waals surface area contributed by atoms with Gasteiger partial charge >= 0.3 is 0 Å². The summed E-state index contributed by atoms with van der Waals surface area (Å²) in [6.07, 6.45) is 3.28. The normalized spacial score (nSPS) is 36.8. The lowest BCUT2D eigenvalue weighted by atomic mass is 10.2. The average molecular weight is 137 g/mol. The first-order valence-electron chi connectivity index (χ1n) is 2.80. The molecule has 0 spiro atoms. The van der Waals surface area contributed by atoms with Gasteiger partial charge in [0.15, 0.2) is 0 Å². The molecule has 2 atom stereocenters. The first-order valence-corrected chi connectivity index (χ1v) is 2.80. The van der Waals surface area contributed by atoms with E-state index in [0.717, 1.165) is 19.3 Å². The van der Waals surface area contributed by atoms with E-state index in [2.05, 4.69) is 0 Å². The van der Waals surface area contributed by atoms with Crippen molar-refractivity contribution in [2.75, 3.05) is 0 Å². The zero-order valence-electron chi connectivity index (χ0n) is 4.84. The van der Waals surface area contributed by atoms with E-state index >= 15 is 0 Å². The zero-order chi connectivity index (χ0) is 5.28. The molecule has 0 saturated heterocycles. The number of hydrogen-bond acceptors (Lipinski definition) is 2. The summed E-state index contributed by atoms with van der Waals surface area (Å²) in [7, 11) is 0. The summed E-state index contributed by atoms with van der Waals surface area (Å²) in [5.41, 5.74) is 11.1. The summed E-state index contributed by atoms with van der Waals surface area (Å²) in [5, 5.41) is 0. The molecule has 0 amide bonds. The van der Waals surface area contributed by atoms with Crippen LogP contribution in [0.25, 0.3) is 0 Å². The van der Waals surface area contributed by atoms with Crippen LogP contribution < -0.4 is 11.5 Å². The molecule has 2 unspecified atom stereocenters. The third-order valence-corrected chi connectivity index (χ3v) is 1.51. The third-order valence-electron chi connectivity index (χ3n) is 1.51. The molecule has 1 fully saturated rings. The minimum absolute atomic E-state index is 0. The van der Waals surface area contributed by atoms with Gasteiger partial charge in [0.1, 0.15) is 0 Å². The maximum atomic E-state index is 5.55. The Morgan fingerprint density at radius 1 is 1.00 bits per heavy atom. The Labute approximate surface area is 56.0 Å². The molecule has 4 N–H and O–H groups in total. The quantitative estimate of drug-likeness (QED) is 0.502. The van der Waals surface area contributed by atoms with Gasteiger partial charge in [-0.2, -0.15) is 0 Å². The van der Waals surface area contributed by atoms with E-state index in [1.54, 1.807) is 0 Å². The Kier molecular flexibility index (Phi) is 3.36. The second-order valence-electron chi connectivity index (χ2n) is 2.33. The maximum Gasteiger partial charge on any atom is 0.00541 e. The van der Waals surface area contributed by atoms with E-state index in [4.69, 9.17) is 11.5 Å². The van der Waals surface area contributed by atoms with Crippen molar-refractivity contribution in [2.24, 2.45) is 11.5 Å². The standard InChI is InChI=1S/C5H12N2.ClH/c6-4-1-2-5(7)3-4;/h4-5H,1-3,6-7H2;1H. The maximum absolute atomic E-state index is 5.55.